The van der Waals surface area contributed by atoms with Gasteiger partial charge in [0, 0.05) is 19.0 Å². The van der Waals surface area contributed by atoms with Crippen molar-refractivity contribution in [3.8, 4) is 11.5 Å². The highest BCUT2D eigenvalue weighted by atomic mass is 19.1. The highest BCUT2D eigenvalue weighted by Crippen LogP contribution is 2.36. The first-order valence-electron chi connectivity index (χ1n) is 9.01. The first-order chi connectivity index (χ1) is 13.4. The lowest BCUT2D eigenvalue weighted by molar-refractivity contribution is -0.126. The van der Waals surface area contributed by atoms with Crippen molar-refractivity contribution in [1.82, 2.24) is 5.32 Å². The van der Waals surface area contributed by atoms with E-state index >= 15 is 0 Å². The Hall–Kier alpha value is -3.09. The van der Waals surface area contributed by atoms with E-state index in [0.717, 1.165) is 5.56 Å². The molecule has 0 saturated carbocycles. The molecule has 28 heavy (non-hydrogen) atoms. The Balaban J connectivity index is 1.72. The molecule has 148 valence electrons. The second kappa shape index (κ2) is 8.29. The molecule has 1 saturated heterocycles. The molecule has 3 rings (SSSR count). The van der Waals surface area contributed by atoms with Gasteiger partial charge in [0.05, 0.1) is 31.9 Å². The zero-order valence-electron chi connectivity index (χ0n) is 16.1. The van der Waals surface area contributed by atoms with Crippen LogP contribution in [-0.4, -0.2) is 32.6 Å². The van der Waals surface area contributed by atoms with E-state index in [-0.39, 0.29) is 36.6 Å². The van der Waals surface area contributed by atoms with Crippen LogP contribution in [0.4, 0.5) is 10.1 Å². The monoisotopic (exact) mass is 386 g/mol. The molecule has 0 radical (unpaired) electrons. The molecule has 0 aromatic heterocycles. The van der Waals surface area contributed by atoms with E-state index in [1.165, 1.54) is 19.2 Å². The topological polar surface area (TPSA) is 67.9 Å². The minimum absolute atomic E-state index is 0.113. The molecule has 1 aliphatic heterocycles. The second-order valence-electron chi connectivity index (χ2n) is 6.72. The highest BCUT2D eigenvalue weighted by Gasteiger charge is 2.36. The SMILES string of the molecule is COc1ccc(OC)c(N2CC(C(=O)NC(C)c3ccc(F)cc3)CC2=O)c1. The third-order valence-electron chi connectivity index (χ3n) is 4.90. The molecule has 0 aliphatic carbocycles. The Morgan fingerprint density at radius 1 is 1.18 bits per heavy atom. The molecule has 0 bridgehead atoms. The molecule has 2 aromatic rings. The summed E-state index contributed by atoms with van der Waals surface area (Å²) >= 11 is 0. The first kappa shape index (κ1) is 19.7. The summed E-state index contributed by atoms with van der Waals surface area (Å²) in [5.74, 6) is -0.0372. The van der Waals surface area contributed by atoms with E-state index < -0.39 is 5.92 Å². The maximum absolute atomic E-state index is 13.1. The predicted molar refractivity (Wildman–Crippen MR) is 103 cm³/mol. The molecule has 1 heterocycles. The molecular formula is C21H23FN2O4. The molecule has 0 spiro atoms. The first-order valence-corrected chi connectivity index (χ1v) is 9.01. The van der Waals surface area contributed by atoms with E-state index in [1.54, 1.807) is 42.3 Å². The minimum atomic E-state index is -0.480. The molecule has 1 fully saturated rings. The molecule has 2 unspecified atom stereocenters. The largest absolute Gasteiger partial charge is 0.497 e. The summed E-state index contributed by atoms with van der Waals surface area (Å²) in [4.78, 5) is 26.8. The van der Waals surface area contributed by atoms with Crippen molar-refractivity contribution in [3.63, 3.8) is 0 Å². The Bertz CT molecular complexity index is 869. The summed E-state index contributed by atoms with van der Waals surface area (Å²) in [5.41, 5.74) is 1.37. The van der Waals surface area contributed by atoms with Gasteiger partial charge in [-0.15, -0.1) is 0 Å². The number of rotatable bonds is 6. The minimum Gasteiger partial charge on any atom is -0.497 e. The van der Waals surface area contributed by atoms with Crippen molar-refractivity contribution in [2.45, 2.75) is 19.4 Å². The van der Waals surface area contributed by atoms with Gasteiger partial charge >= 0.3 is 0 Å². The summed E-state index contributed by atoms with van der Waals surface area (Å²) in [6.45, 7) is 2.08. The molecule has 2 atom stereocenters. The number of hydrogen-bond acceptors (Lipinski definition) is 4. The zero-order valence-corrected chi connectivity index (χ0v) is 16.1. The predicted octanol–water partition coefficient (Wildman–Crippen LogP) is 3.07. The van der Waals surface area contributed by atoms with Crippen LogP contribution in [0.2, 0.25) is 0 Å². The number of benzene rings is 2. The van der Waals surface area contributed by atoms with E-state index in [9.17, 15) is 14.0 Å². The van der Waals surface area contributed by atoms with E-state index in [2.05, 4.69) is 5.32 Å². The summed E-state index contributed by atoms with van der Waals surface area (Å²) < 4.78 is 23.7. The molecule has 2 amide bonds. The number of halogens is 1. The van der Waals surface area contributed by atoms with Crippen LogP contribution in [0.15, 0.2) is 42.5 Å². The molecule has 1 aliphatic rings. The lowest BCUT2D eigenvalue weighted by atomic mass is 10.0. The van der Waals surface area contributed by atoms with Gasteiger partial charge in [0.2, 0.25) is 11.8 Å². The Labute approximate surface area is 163 Å². The van der Waals surface area contributed by atoms with Gasteiger partial charge in [-0.3, -0.25) is 9.59 Å². The van der Waals surface area contributed by atoms with Crippen LogP contribution in [0.5, 0.6) is 11.5 Å². The van der Waals surface area contributed by atoms with Crippen LogP contribution in [0.1, 0.15) is 24.9 Å². The van der Waals surface area contributed by atoms with Crippen LogP contribution in [0.3, 0.4) is 0 Å². The fourth-order valence-corrected chi connectivity index (χ4v) is 3.29. The quantitative estimate of drug-likeness (QED) is 0.829. The number of amides is 2. The highest BCUT2D eigenvalue weighted by molar-refractivity contribution is 6.01. The van der Waals surface area contributed by atoms with Crippen LogP contribution >= 0.6 is 0 Å². The Kier molecular flexibility index (Phi) is 5.82. The van der Waals surface area contributed by atoms with Crippen molar-refractivity contribution < 1.29 is 23.5 Å². The number of carbonyl (C=O) groups excluding carboxylic acids is 2. The number of nitrogens with zero attached hydrogens (tertiary/aromatic N) is 1. The average Bonchev–Trinajstić information content (AvgIpc) is 3.09. The van der Waals surface area contributed by atoms with Crippen LogP contribution in [-0.2, 0) is 9.59 Å². The van der Waals surface area contributed by atoms with Gasteiger partial charge in [0.25, 0.3) is 0 Å². The number of nitrogens with one attached hydrogen (secondary N) is 1. The van der Waals surface area contributed by atoms with Gasteiger partial charge in [-0.2, -0.15) is 0 Å². The molecular weight excluding hydrogens is 363 g/mol. The lowest BCUT2D eigenvalue weighted by Gasteiger charge is -2.21. The van der Waals surface area contributed by atoms with Gasteiger partial charge in [-0.1, -0.05) is 12.1 Å². The van der Waals surface area contributed by atoms with Crippen molar-refractivity contribution >= 4 is 17.5 Å². The molecule has 1 N–H and O–H groups in total. The van der Waals surface area contributed by atoms with Gasteiger partial charge in [0.1, 0.15) is 17.3 Å². The van der Waals surface area contributed by atoms with Crippen molar-refractivity contribution in [2.75, 3.05) is 25.7 Å². The lowest BCUT2D eigenvalue weighted by Crippen LogP contribution is -2.34. The van der Waals surface area contributed by atoms with E-state index in [1.807, 2.05) is 6.92 Å². The standard InChI is InChI=1S/C21H23FN2O4/c1-13(14-4-6-16(22)7-5-14)23-21(26)15-10-20(25)24(12-15)18-11-17(27-2)8-9-19(18)28-3/h4-9,11,13,15H,10,12H2,1-3H3,(H,23,26). The number of anilines is 1. The van der Waals surface area contributed by atoms with Crippen molar-refractivity contribution in [2.24, 2.45) is 5.92 Å². The number of carbonyl (C=O) groups is 2. The van der Waals surface area contributed by atoms with Gasteiger partial charge < -0.3 is 19.7 Å². The number of ether oxygens (including phenoxy) is 2. The molecule has 6 nitrogen and oxygen atoms in total. The normalized spacial score (nSPS) is 17.4. The zero-order chi connectivity index (χ0) is 20.3. The number of methoxy groups -OCH3 is 2. The Morgan fingerprint density at radius 2 is 1.89 bits per heavy atom. The van der Waals surface area contributed by atoms with Crippen LogP contribution in [0.25, 0.3) is 0 Å². The average molecular weight is 386 g/mol. The Morgan fingerprint density at radius 3 is 2.54 bits per heavy atom. The van der Waals surface area contributed by atoms with E-state index in [0.29, 0.717) is 17.2 Å². The smallest absolute Gasteiger partial charge is 0.227 e. The van der Waals surface area contributed by atoms with Crippen molar-refractivity contribution in [3.05, 3.63) is 53.8 Å². The third-order valence-corrected chi connectivity index (χ3v) is 4.90. The summed E-state index contributed by atoms with van der Waals surface area (Å²) in [5, 5.41) is 2.91. The summed E-state index contributed by atoms with van der Waals surface area (Å²) in [6.07, 6.45) is 0.113. The summed E-state index contributed by atoms with van der Waals surface area (Å²) in [6, 6.07) is 10.9. The fourth-order valence-electron chi connectivity index (χ4n) is 3.29. The van der Waals surface area contributed by atoms with Crippen LogP contribution < -0.4 is 19.7 Å². The van der Waals surface area contributed by atoms with E-state index in [4.69, 9.17) is 9.47 Å². The van der Waals surface area contributed by atoms with Crippen molar-refractivity contribution in [1.29, 1.82) is 0 Å². The summed E-state index contributed by atoms with van der Waals surface area (Å²) in [7, 11) is 3.07. The van der Waals surface area contributed by atoms with Gasteiger partial charge in [0.15, 0.2) is 0 Å². The second-order valence-corrected chi connectivity index (χ2v) is 6.72. The molecule has 2 aromatic carbocycles. The maximum Gasteiger partial charge on any atom is 0.227 e. The third kappa shape index (κ3) is 4.08. The van der Waals surface area contributed by atoms with Crippen LogP contribution in [0, 0.1) is 11.7 Å². The fraction of sp³-hybridized carbons (Fsp3) is 0.333. The van der Waals surface area contributed by atoms with Gasteiger partial charge in [-0.25, -0.2) is 4.39 Å². The van der Waals surface area contributed by atoms with Gasteiger partial charge in [-0.05, 0) is 36.8 Å². The molecule has 7 heteroatoms. The maximum atomic E-state index is 13.1. The number of hydrogen-bond donors (Lipinski definition) is 1.